The van der Waals surface area contributed by atoms with Crippen LogP contribution in [0.5, 0.6) is 5.75 Å². The summed E-state index contributed by atoms with van der Waals surface area (Å²) in [5.74, 6) is 0.278. The highest BCUT2D eigenvalue weighted by Gasteiger charge is 2.14. The second kappa shape index (κ2) is 7.68. The number of nitrogens with one attached hydrogen (secondary N) is 1. The van der Waals surface area contributed by atoms with Crippen molar-refractivity contribution in [2.45, 2.75) is 20.5 Å². The van der Waals surface area contributed by atoms with Gasteiger partial charge in [0.2, 0.25) is 0 Å². The van der Waals surface area contributed by atoms with E-state index in [-0.39, 0.29) is 5.91 Å². The van der Waals surface area contributed by atoms with E-state index in [9.17, 15) is 4.79 Å². The lowest BCUT2D eigenvalue weighted by Crippen LogP contribution is -2.14. The highest BCUT2D eigenvalue weighted by molar-refractivity contribution is 7.09. The van der Waals surface area contributed by atoms with Crippen LogP contribution in [0, 0.1) is 13.8 Å². The highest BCUT2D eigenvalue weighted by Crippen LogP contribution is 2.24. The van der Waals surface area contributed by atoms with E-state index in [4.69, 9.17) is 16.3 Å². The highest BCUT2D eigenvalue weighted by atomic mass is 35.5. The molecule has 0 fully saturated rings. The van der Waals surface area contributed by atoms with Crippen molar-refractivity contribution in [3.8, 4) is 5.75 Å². The topological polar surface area (TPSA) is 51.2 Å². The average Bonchev–Trinajstić information content (AvgIpc) is 3.02. The molecule has 0 spiro atoms. The van der Waals surface area contributed by atoms with Gasteiger partial charge in [0.15, 0.2) is 0 Å². The van der Waals surface area contributed by atoms with Crippen molar-refractivity contribution in [2.24, 2.45) is 0 Å². The molecule has 1 aromatic heterocycles. The maximum absolute atomic E-state index is 12.7. The fraction of sp³-hybridized carbons (Fsp3) is 0.158. The molecule has 3 rings (SSSR count). The first-order valence-electron chi connectivity index (χ1n) is 7.73. The van der Waals surface area contributed by atoms with Gasteiger partial charge in [-0.05, 0) is 43.7 Å². The monoisotopic (exact) mass is 372 g/mol. The number of thiazole rings is 1. The van der Waals surface area contributed by atoms with E-state index in [1.165, 1.54) is 0 Å². The molecule has 25 heavy (non-hydrogen) atoms. The predicted octanol–water partition coefficient (Wildman–Crippen LogP) is 5.24. The van der Waals surface area contributed by atoms with Crippen molar-refractivity contribution in [1.82, 2.24) is 4.98 Å². The molecule has 3 aromatic rings. The van der Waals surface area contributed by atoms with E-state index in [1.807, 2.05) is 31.4 Å². The molecule has 0 aliphatic heterocycles. The molecule has 1 heterocycles. The molecule has 0 aliphatic carbocycles. The molecule has 1 amide bonds. The Labute approximate surface area is 155 Å². The number of halogens is 1. The quantitative estimate of drug-likeness (QED) is 0.665. The summed E-state index contributed by atoms with van der Waals surface area (Å²) in [7, 11) is 0. The van der Waals surface area contributed by atoms with E-state index >= 15 is 0 Å². The molecule has 0 saturated carbocycles. The molecule has 2 aromatic carbocycles. The van der Waals surface area contributed by atoms with Crippen LogP contribution in [0.2, 0.25) is 5.02 Å². The van der Waals surface area contributed by atoms with Crippen LogP contribution in [-0.4, -0.2) is 10.9 Å². The summed E-state index contributed by atoms with van der Waals surface area (Å²) in [6.45, 7) is 4.19. The number of benzene rings is 2. The van der Waals surface area contributed by atoms with Crippen LogP contribution in [0.1, 0.15) is 26.6 Å². The standard InChI is InChI=1S/C19H17ClN2O2S/c1-12-7-8-14(20)9-17(12)22-19(23)16-5-3-4-6-18(16)24-10-15-11-25-13(2)21-15/h3-9,11H,10H2,1-2H3,(H,22,23). The minimum atomic E-state index is -0.240. The van der Waals surface area contributed by atoms with Gasteiger partial charge < -0.3 is 10.1 Å². The Kier molecular flexibility index (Phi) is 5.36. The lowest BCUT2D eigenvalue weighted by Gasteiger charge is -2.12. The first-order valence-corrected chi connectivity index (χ1v) is 8.99. The van der Waals surface area contributed by atoms with Crippen LogP contribution >= 0.6 is 22.9 Å². The third-order valence-electron chi connectivity index (χ3n) is 3.62. The zero-order valence-electron chi connectivity index (χ0n) is 13.9. The van der Waals surface area contributed by atoms with Crippen molar-refractivity contribution >= 4 is 34.5 Å². The molecule has 0 radical (unpaired) electrons. The Morgan fingerprint density at radius 2 is 2.04 bits per heavy atom. The smallest absolute Gasteiger partial charge is 0.259 e. The molecule has 128 valence electrons. The number of aryl methyl sites for hydroxylation is 2. The van der Waals surface area contributed by atoms with E-state index < -0.39 is 0 Å². The van der Waals surface area contributed by atoms with Gasteiger partial charge in [0, 0.05) is 16.1 Å². The van der Waals surface area contributed by atoms with Crippen molar-refractivity contribution in [2.75, 3.05) is 5.32 Å². The van der Waals surface area contributed by atoms with Gasteiger partial charge in [0.05, 0.1) is 16.3 Å². The van der Waals surface area contributed by atoms with Gasteiger partial charge in [-0.25, -0.2) is 4.98 Å². The van der Waals surface area contributed by atoms with Gasteiger partial charge in [-0.15, -0.1) is 11.3 Å². The third-order valence-corrected chi connectivity index (χ3v) is 4.68. The Balaban J connectivity index is 1.77. The molecular weight excluding hydrogens is 356 g/mol. The first-order chi connectivity index (χ1) is 12.0. The summed E-state index contributed by atoms with van der Waals surface area (Å²) in [5.41, 5.74) is 2.94. The summed E-state index contributed by atoms with van der Waals surface area (Å²) >= 11 is 7.59. The Morgan fingerprint density at radius 1 is 1.24 bits per heavy atom. The lowest BCUT2D eigenvalue weighted by atomic mass is 10.1. The Morgan fingerprint density at radius 3 is 2.80 bits per heavy atom. The van der Waals surface area contributed by atoms with E-state index in [0.717, 1.165) is 16.3 Å². The average molecular weight is 373 g/mol. The van der Waals surface area contributed by atoms with Crippen LogP contribution in [0.15, 0.2) is 47.8 Å². The van der Waals surface area contributed by atoms with Gasteiger partial charge in [0.1, 0.15) is 12.4 Å². The molecular formula is C19H17ClN2O2S. The number of carbonyl (C=O) groups is 1. The maximum Gasteiger partial charge on any atom is 0.259 e. The number of para-hydroxylation sites is 1. The minimum Gasteiger partial charge on any atom is -0.486 e. The van der Waals surface area contributed by atoms with Crippen molar-refractivity contribution in [3.05, 3.63) is 74.7 Å². The number of nitrogens with zero attached hydrogens (tertiary/aromatic N) is 1. The van der Waals surface area contributed by atoms with Gasteiger partial charge >= 0.3 is 0 Å². The second-order valence-corrected chi connectivity index (χ2v) is 7.05. The molecule has 4 nitrogen and oxygen atoms in total. The number of hydrogen-bond acceptors (Lipinski definition) is 4. The van der Waals surface area contributed by atoms with Crippen molar-refractivity contribution in [1.29, 1.82) is 0 Å². The number of ether oxygens (including phenoxy) is 1. The fourth-order valence-corrected chi connectivity index (χ4v) is 3.09. The molecule has 6 heteroatoms. The van der Waals surface area contributed by atoms with Crippen LogP contribution in [0.4, 0.5) is 5.69 Å². The summed E-state index contributed by atoms with van der Waals surface area (Å²) in [6.07, 6.45) is 0. The number of carbonyl (C=O) groups excluding carboxylic acids is 1. The number of anilines is 1. The number of amides is 1. The van der Waals surface area contributed by atoms with Crippen molar-refractivity contribution in [3.63, 3.8) is 0 Å². The predicted molar refractivity (Wildman–Crippen MR) is 102 cm³/mol. The van der Waals surface area contributed by atoms with Gasteiger partial charge in [-0.1, -0.05) is 29.8 Å². The fourth-order valence-electron chi connectivity index (χ4n) is 2.32. The summed E-state index contributed by atoms with van der Waals surface area (Å²) in [6, 6.07) is 12.5. The Hall–Kier alpha value is -2.37. The maximum atomic E-state index is 12.7. The largest absolute Gasteiger partial charge is 0.486 e. The number of rotatable bonds is 5. The van der Waals surface area contributed by atoms with Gasteiger partial charge in [0.25, 0.3) is 5.91 Å². The van der Waals surface area contributed by atoms with E-state index in [2.05, 4.69) is 10.3 Å². The van der Waals surface area contributed by atoms with E-state index in [0.29, 0.717) is 28.6 Å². The van der Waals surface area contributed by atoms with Crippen LogP contribution < -0.4 is 10.1 Å². The molecule has 0 bridgehead atoms. The van der Waals surface area contributed by atoms with Gasteiger partial charge in [-0.3, -0.25) is 4.79 Å². The number of aromatic nitrogens is 1. The zero-order chi connectivity index (χ0) is 17.8. The summed E-state index contributed by atoms with van der Waals surface area (Å²) in [5, 5.41) is 6.41. The molecule has 0 atom stereocenters. The van der Waals surface area contributed by atoms with Crippen LogP contribution in [0.3, 0.4) is 0 Å². The van der Waals surface area contributed by atoms with Gasteiger partial charge in [-0.2, -0.15) is 0 Å². The first kappa shape index (κ1) is 17.5. The lowest BCUT2D eigenvalue weighted by molar-refractivity contribution is 0.102. The third kappa shape index (κ3) is 4.38. The zero-order valence-corrected chi connectivity index (χ0v) is 15.4. The molecule has 0 aliphatic rings. The minimum absolute atomic E-state index is 0.240. The summed E-state index contributed by atoms with van der Waals surface area (Å²) in [4.78, 5) is 17.0. The van der Waals surface area contributed by atoms with Crippen LogP contribution in [-0.2, 0) is 6.61 Å². The second-order valence-electron chi connectivity index (χ2n) is 5.56. The normalized spacial score (nSPS) is 10.5. The number of hydrogen-bond donors (Lipinski definition) is 1. The summed E-state index contributed by atoms with van der Waals surface area (Å²) < 4.78 is 5.81. The molecule has 0 unspecified atom stereocenters. The SMILES string of the molecule is Cc1nc(COc2ccccc2C(=O)Nc2cc(Cl)ccc2C)cs1. The Bertz CT molecular complexity index is 908. The van der Waals surface area contributed by atoms with E-state index in [1.54, 1.807) is 41.7 Å². The van der Waals surface area contributed by atoms with Crippen molar-refractivity contribution < 1.29 is 9.53 Å². The molecule has 1 N–H and O–H groups in total. The van der Waals surface area contributed by atoms with Crippen LogP contribution in [0.25, 0.3) is 0 Å². The molecule has 0 saturated heterocycles.